The largest absolute Gasteiger partial charge is 0.355 e. The number of nitrogens with one attached hydrogen (secondary N) is 2. The summed E-state index contributed by atoms with van der Waals surface area (Å²) in [5, 5.41) is 7.27. The van der Waals surface area contributed by atoms with Gasteiger partial charge in [-0.2, -0.15) is 0 Å². The Morgan fingerprint density at radius 2 is 2.16 bits per heavy atom. The molecular weight excluding hydrogens is 238 g/mol. The van der Waals surface area contributed by atoms with Gasteiger partial charge in [0.2, 0.25) is 5.91 Å². The summed E-state index contributed by atoms with van der Waals surface area (Å²) in [6, 6.07) is 9.89. The SMILES string of the molecule is O=C(Cc1cccc2cccnc12)NCC1CNC1. The van der Waals surface area contributed by atoms with E-state index in [0.29, 0.717) is 12.3 Å². The normalized spacial score (nSPS) is 15.2. The molecule has 1 aliphatic rings. The number of aromatic nitrogens is 1. The highest BCUT2D eigenvalue weighted by Crippen LogP contribution is 2.16. The fourth-order valence-electron chi connectivity index (χ4n) is 2.30. The quantitative estimate of drug-likeness (QED) is 0.860. The maximum atomic E-state index is 11.9. The molecule has 0 spiro atoms. The van der Waals surface area contributed by atoms with E-state index < -0.39 is 0 Å². The summed E-state index contributed by atoms with van der Waals surface area (Å²) in [5.74, 6) is 0.666. The molecule has 1 amide bonds. The first-order chi connectivity index (χ1) is 9.33. The number of nitrogens with zero attached hydrogens (tertiary/aromatic N) is 1. The molecular formula is C15H17N3O. The van der Waals surface area contributed by atoms with E-state index in [0.717, 1.165) is 36.1 Å². The number of carbonyl (C=O) groups excluding carboxylic acids is 1. The van der Waals surface area contributed by atoms with Gasteiger partial charge in [0.1, 0.15) is 0 Å². The maximum absolute atomic E-state index is 11.9. The molecule has 3 rings (SSSR count). The van der Waals surface area contributed by atoms with Crippen molar-refractivity contribution in [3.8, 4) is 0 Å². The minimum Gasteiger partial charge on any atom is -0.355 e. The third kappa shape index (κ3) is 2.74. The second-order valence-electron chi connectivity index (χ2n) is 5.00. The number of hydrogen-bond acceptors (Lipinski definition) is 3. The number of hydrogen-bond donors (Lipinski definition) is 2. The molecule has 0 unspecified atom stereocenters. The summed E-state index contributed by atoms with van der Waals surface area (Å²) >= 11 is 0. The van der Waals surface area contributed by atoms with Gasteiger partial charge in [-0.15, -0.1) is 0 Å². The molecule has 1 aliphatic heterocycles. The maximum Gasteiger partial charge on any atom is 0.224 e. The molecule has 1 aromatic heterocycles. The van der Waals surface area contributed by atoms with E-state index in [4.69, 9.17) is 0 Å². The van der Waals surface area contributed by atoms with Crippen LogP contribution in [0.25, 0.3) is 10.9 Å². The van der Waals surface area contributed by atoms with Crippen LogP contribution in [-0.4, -0.2) is 30.5 Å². The van der Waals surface area contributed by atoms with Crippen LogP contribution >= 0.6 is 0 Å². The molecule has 98 valence electrons. The average Bonchev–Trinajstić information content (AvgIpc) is 2.37. The highest BCUT2D eigenvalue weighted by molar-refractivity contribution is 5.87. The summed E-state index contributed by atoms with van der Waals surface area (Å²) in [6.45, 7) is 2.79. The number of amides is 1. The fourth-order valence-corrected chi connectivity index (χ4v) is 2.30. The second-order valence-corrected chi connectivity index (χ2v) is 5.00. The molecule has 0 bridgehead atoms. The molecule has 19 heavy (non-hydrogen) atoms. The third-order valence-electron chi connectivity index (χ3n) is 3.52. The molecule has 2 N–H and O–H groups in total. The summed E-state index contributed by atoms with van der Waals surface area (Å²) in [6.07, 6.45) is 2.16. The summed E-state index contributed by atoms with van der Waals surface area (Å²) in [4.78, 5) is 16.3. The lowest BCUT2D eigenvalue weighted by Gasteiger charge is -2.27. The summed E-state index contributed by atoms with van der Waals surface area (Å²) < 4.78 is 0. The van der Waals surface area contributed by atoms with E-state index in [1.54, 1.807) is 6.20 Å². The van der Waals surface area contributed by atoms with Crippen LogP contribution < -0.4 is 10.6 Å². The summed E-state index contributed by atoms with van der Waals surface area (Å²) in [7, 11) is 0. The van der Waals surface area contributed by atoms with Gasteiger partial charge in [-0.05, 0) is 11.6 Å². The van der Waals surface area contributed by atoms with Crippen LogP contribution in [0.3, 0.4) is 0 Å². The minimum absolute atomic E-state index is 0.0741. The van der Waals surface area contributed by atoms with Crippen LogP contribution in [-0.2, 0) is 11.2 Å². The van der Waals surface area contributed by atoms with E-state index in [9.17, 15) is 4.79 Å². The van der Waals surface area contributed by atoms with Crippen molar-refractivity contribution in [2.75, 3.05) is 19.6 Å². The zero-order valence-electron chi connectivity index (χ0n) is 10.7. The van der Waals surface area contributed by atoms with Gasteiger partial charge < -0.3 is 10.6 Å². The Labute approximate surface area is 112 Å². The van der Waals surface area contributed by atoms with Gasteiger partial charge in [0, 0.05) is 37.1 Å². The van der Waals surface area contributed by atoms with Gasteiger partial charge in [-0.25, -0.2) is 0 Å². The lowest BCUT2D eigenvalue weighted by molar-refractivity contribution is -0.120. The van der Waals surface area contributed by atoms with E-state index in [1.807, 2.05) is 30.3 Å². The predicted molar refractivity (Wildman–Crippen MR) is 74.8 cm³/mol. The lowest BCUT2D eigenvalue weighted by Crippen LogP contribution is -2.48. The fraction of sp³-hybridized carbons (Fsp3) is 0.333. The molecule has 0 aliphatic carbocycles. The van der Waals surface area contributed by atoms with Crippen molar-refractivity contribution < 1.29 is 4.79 Å². The first-order valence-corrected chi connectivity index (χ1v) is 6.63. The standard InChI is InChI=1S/C15H17N3O/c19-14(18-10-11-8-16-9-11)7-13-4-1-3-12-5-2-6-17-15(12)13/h1-6,11,16H,7-10H2,(H,18,19). The molecule has 1 aromatic carbocycles. The Balaban J connectivity index is 1.68. The van der Waals surface area contributed by atoms with Gasteiger partial charge in [0.25, 0.3) is 0 Å². The van der Waals surface area contributed by atoms with Crippen molar-refractivity contribution in [1.82, 2.24) is 15.6 Å². The average molecular weight is 255 g/mol. The molecule has 0 atom stereocenters. The van der Waals surface area contributed by atoms with E-state index in [1.165, 1.54) is 0 Å². The van der Waals surface area contributed by atoms with Crippen molar-refractivity contribution in [3.05, 3.63) is 42.1 Å². The number of rotatable bonds is 4. The van der Waals surface area contributed by atoms with Gasteiger partial charge in [0.05, 0.1) is 11.9 Å². The van der Waals surface area contributed by atoms with Crippen LogP contribution in [0, 0.1) is 5.92 Å². The molecule has 1 saturated heterocycles. The summed E-state index contributed by atoms with van der Waals surface area (Å²) in [5.41, 5.74) is 1.91. The smallest absolute Gasteiger partial charge is 0.224 e. The molecule has 2 aromatic rings. The zero-order chi connectivity index (χ0) is 13.1. The van der Waals surface area contributed by atoms with Crippen LogP contribution in [0.2, 0.25) is 0 Å². The Hall–Kier alpha value is -1.94. The molecule has 4 nitrogen and oxygen atoms in total. The van der Waals surface area contributed by atoms with Crippen molar-refractivity contribution in [3.63, 3.8) is 0 Å². The molecule has 0 radical (unpaired) electrons. The van der Waals surface area contributed by atoms with Gasteiger partial charge in [0.15, 0.2) is 0 Å². The van der Waals surface area contributed by atoms with Crippen molar-refractivity contribution in [2.45, 2.75) is 6.42 Å². The Bertz CT molecular complexity index is 587. The van der Waals surface area contributed by atoms with Crippen molar-refractivity contribution in [1.29, 1.82) is 0 Å². The van der Waals surface area contributed by atoms with Gasteiger partial charge >= 0.3 is 0 Å². The molecule has 1 fully saturated rings. The Morgan fingerprint density at radius 1 is 1.32 bits per heavy atom. The lowest BCUT2D eigenvalue weighted by atomic mass is 10.0. The van der Waals surface area contributed by atoms with Gasteiger partial charge in [-0.3, -0.25) is 9.78 Å². The predicted octanol–water partition coefficient (Wildman–Crippen LogP) is 1.11. The number of benzene rings is 1. The van der Waals surface area contributed by atoms with E-state index in [2.05, 4.69) is 15.6 Å². The van der Waals surface area contributed by atoms with Crippen LogP contribution in [0.15, 0.2) is 36.5 Å². The zero-order valence-corrected chi connectivity index (χ0v) is 10.7. The monoisotopic (exact) mass is 255 g/mol. The Kier molecular flexibility index (Phi) is 3.42. The Morgan fingerprint density at radius 3 is 2.95 bits per heavy atom. The minimum atomic E-state index is 0.0741. The van der Waals surface area contributed by atoms with Crippen molar-refractivity contribution in [2.24, 2.45) is 5.92 Å². The molecule has 0 saturated carbocycles. The topological polar surface area (TPSA) is 54.0 Å². The highest BCUT2D eigenvalue weighted by atomic mass is 16.1. The second kappa shape index (κ2) is 5.36. The van der Waals surface area contributed by atoms with E-state index in [-0.39, 0.29) is 5.91 Å². The number of pyridine rings is 1. The number of carbonyl (C=O) groups is 1. The van der Waals surface area contributed by atoms with Crippen LogP contribution in [0.4, 0.5) is 0 Å². The first kappa shape index (κ1) is 12.1. The third-order valence-corrected chi connectivity index (χ3v) is 3.52. The number of fused-ring (bicyclic) bond motifs is 1. The highest BCUT2D eigenvalue weighted by Gasteiger charge is 2.17. The van der Waals surface area contributed by atoms with E-state index >= 15 is 0 Å². The van der Waals surface area contributed by atoms with Gasteiger partial charge in [-0.1, -0.05) is 24.3 Å². The first-order valence-electron chi connectivity index (χ1n) is 6.63. The van der Waals surface area contributed by atoms with Crippen LogP contribution in [0.1, 0.15) is 5.56 Å². The molecule has 4 heteroatoms. The van der Waals surface area contributed by atoms with Crippen LogP contribution in [0.5, 0.6) is 0 Å². The molecule has 2 heterocycles. The van der Waals surface area contributed by atoms with Crippen molar-refractivity contribution >= 4 is 16.8 Å². The number of para-hydroxylation sites is 1.